The van der Waals surface area contributed by atoms with Crippen molar-refractivity contribution in [1.29, 1.82) is 5.26 Å². The summed E-state index contributed by atoms with van der Waals surface area (Å²) in [6, 6.07) is 10.8. The van der Waals surface area contributed by atoms with Crippen molar-refractivity contribution in [2.24, 2.45) is 11.8 Å². The van der Waals surface area contributed by atoms with Gasteiger partial charge in [0.25, 0.3) is 0 Å². The summed E-state index contributed by atoms with van der Waals surface area (Å²) in [6.45, 7) is 10.3. The fourth-order valence-electron chi connectivity index (χ4n) is 1.97. The summed E-state index contributed by atoms with van der Waals surface area (Å²) >= 11 is 3.46. The molecule has 0 bridgehead atoms. The topological polar surface area (TPSA) is 35.8 Å². The normalized spacial score (nSPS) is 13.3. The quantitative estimate of drug-likeness (QED) is 0.855. The van der Waals surface area contributed by atoms with Crippen LogP contribution in [0.3, 0.4) is 0 Å². The van der Waals surface area contributed by atoms with E-state index in [-0.39, 0.29) is 11.3 Å². The van der Waals surface area contributed by atoms with E-state index in [4.69, 9.17) is 5.26 Å². The van der Waals surface area contributed by atoms with Crippen LogP contribution in [0.1, 0.15) is 33.3 Å². The lowest BCUT2D eigenvalue weighted by atomic mass is 9.84. The van der Waals surface area contributed by atoms with Crippen molar-refractivity contribution in [1.82, 2.24) is 5.32 Å². The van der Waals surface area contributed by atoms with E-state index in [0.29, 0.717) is 5.92 Å². The summed E-state index contributed by atoms with van der Waals surface area (Å²) < 4.78 is 1.10. The van der Waals surface area contributed by atoms with Gasteiger partial charge in [-0.25, -0.2) is 0 Å². The molecule has 1 atom stereocenters. The average Bonchev–Trinajstić information content (AvgIpc) is 2.34. The zero-order valence-corrected chi connectivity index (χ0v) is 13.8. The van der Waals surface area contributed by atoms with E-state index in [1.807, 2.05) is 0 Å². The Labute approximate surface area is 125 Å². The van der Waals surface area contributed by atoms with Crippen LogP contribution >= 0.6 is 15.9 Å². The molecule has 19 heavy (non-hydrogen) atoms. The first-order valence-corrected chi connectivity index (χ1v) is 7.52. The molecule has 104 valence electrons. The van der Waals surface area contributed by atoms with E-state index in [9.17, 15) is 0 Å². The molecule has 0 aliphatic carbocycles. The molecular weight excluding hydrogens is 300 g/mol. The Balaban J connectivity index is 2.56. The zero-order chi connectivity index (χ0) is 14.5. The van der Waals surface area contributed by atoms with Crippen LogP contribution in [0.25, 0.3) is 0 Å². The van der Waals surface area contributed by atoms with Crippen LogP contribution in [-0.4, -0.2) is 13.1 Å². The van der Waals surface area contributed by atoms with Crippen LogP contribution in [0.4, 0.5) is 0 Å². The predicted octanol–water partition coefficient (Wildman–Crippen LogP) is 4.11. The van der Waals surface area contributed by atoms with Crippen molar-refractivity contribution >= 4 is 15.9 Å². The van der Waals surface area contributed by atoms with E-state index in [1.165, 1.54) is 5.56 Å². The van der Waals surface area contributed by atoms with Crippen molar-refractivity contribution in [3.63, 3.8) is 0 Å². The fraction of sp³-hybridized carbons (Fsp3) is 0.562. The molecule has 1 rings (SSSR count). The molecule has 0 aromatic heterocycles. The van der Waals surface area contributed by atoms with Crippen molar-refractivity contribution in [2.75, 3.05) is 13.1 Å². The number of rotatable bonds is 6. The average molecular weight is 323 g/mol. The highest BCUT2D eigenvalue weighted by Gasteiger charge is 2.21. The van der Waals surface area contributed by atoms with E-state index >= 15 is 0 Å². The second kappa shape index (κ2) is 7.07. The summed E-state index contributed by atoms with van der Waals surface area (Å²) in [5, 5.41) is 12.5. The summed E-state index contributed by atoms with van der Waals surface area (Å²) in [4.78, 5) is 0. The van der Waals surface area contributed by atoms with E-state index in [1.54, 1.807) is 0 Å². The van der Waals surface area contributed by atoms with Crippen LogP contribution in [-0.2, 0) is 5.41 Å². The first-order chi connectivity index (χ1) is 8.86. The summed E-state index contributed by atoms with van der Waals surface area (Å²) in [5.41, 5.74) is 1.37. The molecule has 0 saturated heterocycles. The predicted molar refractivity (Wildman–Crippen MR) is 84.0 cm³/mol. The summed E-state index contributed by atoms with van der Waals surface area (Å²) in [7, 11) is 0. The van der Waals surface area contributed by atoms with Gasteiger partial charge in [-0.2, -0.15) is 5.26 Å². The lowest BCUT2D eigenvalue weighted by Crippen LogP contribution is -2.36. The van der Waals surface area contributed by atoms with Gasteiger partial charge in [-0.1, -0.05) is 55.8 Å². The van der Waals surface area contributed by atoms with Gasteiger partial charge in [-0.15, -0.1) is 0 Å². The first-order valence-electron chi connectivity index (χ1n) is 6.73. The standard InChI is InChI=1S/C16H23BrN2/c1-12(2)13(9-18)10-19-11-16(3,4)14-5-7-15(17)8-6-14/h5-8,12-13,19H,10-11H2,1-4H3. The number of hydrogen-bond donors (Lipinski definition) is 1. The molecule has 0 radical (unpaired) electrons. The molecule has 0 amide bonds. The SMILES string of the molecule is CC(C)C(C#N)CNCC(C)(C)c1ccc(Br)cc1. The molecule has 1 aromatic carbocycles. The lowest BCUT2D eigenvalue weighted by molar-refractivity contribution is 0.402. The zero-order valence-electron chi connectivity index (χ0n) is 12.2. The largest absolute Gasteiger partial charge is 0.315 e. The maximum atomic E-state index is 9.08. The highest BCUT2D eigenvalue weighted by Crippen LogP contribution is 2.24. The Bertz CT molecular complexity index is 429. The van der Waals surface area contributed by atoms with Crippen molar-refractivity contribution < 1.29 is 0 Å². The van der Waals surface area contributed by atoms with Gasteiger partial charge in [0.2, 0.25) is 0 Å². The molecule has 0 spiro atoms. The number of nitrogens with one attached hydrogen (secondary N) is 1. The smallest absolute Gasteiger partial charge is 0.0671 e. The molecule has 0 saturated carbocycles. The Kier molecular flexibility index (Phi) is 6.03. The van der Waals surface area contributed by atoms with Gasteiger partial charge >= 0.3 is 0 Å². The highest BCUT2D eigenvalue weighted by atomic mass is 79.9. The first kappa shape index (κ1) is 16.2. The van der Waals surface area contributed by atoms with Crippen LogP contribution < -0.4 is 5.32 Å². The van der Waals surface area contributed by atoms with Gasteiger partial charge in [0.15, 0.2) is 0 Å². The van der Waals surface area contributed by atoms with Gasteiger partial charge < -0.3 is 5.32 Å². The molecule has 1 N–H and O–H groups in total. The third-order valence-electron chi connectivity index (χ3n) is 3.53. The Morgan fingerprint density at radius 2 is 1.84 bits per heavy atom. The second-order valence-corrected chi connectivity index (χ2v) is 6.92. The molecular formula is C16H23BrN2. The van der Waals surface area contributed by atoms with Gasteiger partial charge in [0, 0.05) is 23.0 Å². The number of benzene rings is 1. The maximum Gasteiger partial charge on any atom is 0.0671 e. The Morgan fingerprint density at radius 1 is 1.26 bits per heavy atom. The second-order valence-electron chi connectivity index (χ2n) is 6.00. The van der Waals surface area contributed by atoms with Crippen molar-refractivity contribution in [3.05, 3.63) is 34.3 Å². The number of hydrogen-bond acceptors (Lipinski definition) is 2. The minimum atomic E-state index is 0.0671. The molecule has 3 heteroatoms. The van der Waals surface area contributed by atoms with E-state index < -0.39 is 0 Å². The monoisotopic (exact) mass is 322 g/mol. The summed E-state index contributed by atoms with van der Waals surface area (Å²) in [6.07, 6.45) is 0. The summed E-state index contributed by atoms with van der Waals surface area (Å²) in [5.74, 6) is 0.481. The van der Waals surface area contributed by atoms with Crippen molar-refractivity contribution in [2.45, 2.75) is 33.1 Å². The van der Waals surface area contributed by atoms with Gasteiger partial charge in [0.05, 0.1) is 12.0 Å². The number of halogens is 1. The maximum absolute atomic E-state index is 9.08. The van der Waals surface area contributed by atoms with Gasteiger partial charge in [-0.3, -0.25) is 0 Å². The molecule has 1 unspecified atom stereocenters. The van der Waals surface area contributed by atoms with E-state index in [0.717, 1.165) is 17.6 Å². The minimum Gasteiger partial charge on any atom is -0.315 e. The fourth-order valence-corrected chi connectivity index (χ4v) is 2.24. The van der Waals surface area contributed by atoms with Gasteiger partial charge in [-0.05, 0) is 23.6 Å². The van der Waals surface area contributed by atoms with Gasteiger partial charge in [0.1, 0.15) is 0 Å². The molecule has 0 aliphatic rings. The number of nitrogens with zero attached hydrogens (tertiary/aromatic N) is 1. The Morgan fingerprint density at radius 3 is 2.32 bits per heavy atom. The molecule has 1 aromatic rings. The third-order valence-corrected chi connectivity index (χ3v) is 4.06. The van der Waals surface area contributed by atoms with Crippen LogP contribution in [0.5, 0.6) is 0 Å². The molecule has 2 nitrogen and oxygen atoms in total. The molecule has 0 aliphatic heterocycles. The highest BCUT2D eigenvalue weighted by molar-refractivity contribution is 9.10. The third kappa shape index (κ3) is 4.97. The van der Waals surface area contributed by atoms with Crippen LogP contribution in [0.15, 0.2) is 28.7 Å². The van der Waals surface area contributed by atoms with Crippen LogP contribution in [0, 0.1) is 23.2 Å². The van der Waals surface area contributed by atoms with Crippen molar-refractivity contribution in [3.8, 4) is 6.07 Å². The Hall–Kier alpha value is -0.850. The minimum absolute atomic E-state index is 0.0671. The number of nitriles is 1. The van der Waals surface area contributed by atoms with Crippen LogP contribution in [0.2, 0.25) is 0 Å². The molecule has 0 heterocycles. The van der Waals surface area contributed by atoms with E-state index in [2.05, 4.69) is 79.3 Å². The molecule has 0 fully saturated rings. The lowest BCUT2D eigenvalue weighted by Gasteiger charge is -2.27.